The van der Waals surface area contributed by atoms with Gasteiger partial charge in [0.1, 0.15) is 5.82 Å². The number of aromatic nitrogens is 4. The summed E-state index contributed by atoms with van der Waals surface area (Å²) in [7, 11) is 0. The lowest BCUT2D eigenvalue weighted by atomic mass is 10.0. The molecule has 1 aromatic carbocycles. The minimum atomic E-state index is -0.437. The Hall–Kier alpha value is -1.98. The first-order valence-electron chi connectivity index (χ1n) is 5.80. The van der Waals surface area contributed by atoms with Crippen LogP contribution in [0.15, 0.2) is 18.2 Å². The van der Waals surface area contributed by atoms with Crippen molar-refractivity contribution in [3.63, 3.8) is 0 Å². The summed E-state index contributed by atoms with van der Waals surface area (Å²) < 4.78 is 14.9. The van der Waals surface area contributed by atoms with Crippen LogP contribution in [0.4, 0.5) is 10.1 Å². The van der Waals surface area contributed by atoms with E-state index in [9.17, 15) is 4.39 Å². The Morgan fingerprint density at radius 3 is 2.72 bits per heavy atom. The Balaban J connectivity index is 2.52. The molecule has 1 aromatic heterocycles. The van der Waals surface area contributed by atoms with E-state index in [2.05, 4.69) is 22.4 Å². The lowest BCUT2D eigenvalue weighted by Gasteiger charge is -2.23. The topological polar surface area (TPSA) is 69.6 Å². The van der Waals surface area contributed by atoms with Gasteiger partial charge in [-0.15, -0.1) is 5.10 Å². The molecule has 0 saturated heterocycles. The van der Waals surface area contributed by atoms with Gasteiger partial charge in [-0.2, -0.15) is 0 Å². The molecule has 1 heterocycles. The van der Waals surface area contributed by atoms with E-state index in [1.165, 1.54) is 6.07 Å². The van der Waals surface area contributed by atoms with Gasteiger partial charge in [0.2, 0.25) is 0 Å². The zero-order valence-corrected chi connectivity index (χ0v) is 10.7. The van der Waals surface area contributed by atoms with E-state index < -0.39 is 5.82 Å². The quantitative estimate of drug-likeness (QED) is 0.847. The highest BCUT2D eigenvalue weighted by Gasteiger charge is 2.24. The SMILES string of the molecule is CCC(C)(C)n1nnnc1-c1ccc(F)c(N)c1. The van der Waals surface area contributed by atoms with Crippen molar-refractivity contribution in [3.8, 4) is 11.4 Å². The van der Waals surface area contributed by atoms with Gasteiger partial charge in [0, 0.05) is 5.56 Å². The second kappa shape index (κ2) is 4.36. The van der Waals surface area contributed by atoms with E-state index in [0.29, 0.717) is 11.4 Å². The van der Waals surface area contributed by atoms with Crippen LogP contribution < -0.4 is 5.73 Å². The first kappa shape index (κ1) is 12.5. The number of nitrogen functional groups attached to an aromatic ring is 1. The predicted molar refractivity (Wildman–Crippen MR) is 67.2 cm³/mol. The maximum Gasteiger partial charge on any atom is 0.182 e. The molecular formula is C12H16FN5. The summed E-state index contributed by atoms with van der Waals surface area (Å²) in [5.74, 6) is 0.154. The summed E-state index contributed by atoms with van der Waals surface area (Å²) in [6, 6.07) is 4.49. The molecule has 0 amide bonds. The zero-order chi connectivity index (χ0) is 13.3. The number of halogens is 1. The average Bonchev–Trinajstić information content (AvgIpc) is 2.82. The van der Waals surface area contributed by atoms with E-state index in [-0.39, 0.29) is 11.2 Å². The normalized spacial score (nSPS) is 11.8. The molecule has 2 rings (SSSR count). The van der Waals surface area contributed by atoms with Crippen LogP contribution in [0.25, 0.3) is 11.4 Å². The fourth-order valence-electron chi connectivity index (χ4n) is 1.61. The maximum atomic E-state index is 13.2. The number of benzene rings is 1. The molecule has 0 saturated carbocycles. The fraction of sp³-hybridized carbons (Fsp3) is 0.417. The summed E-state index contributed by atoms with van der Waals surface area (Å²) in [5, 5.41) is 11.7. The van der Waals surface area contributed by atoms with Crippen molar-refractivity contribution in [2.75, 3.05) is 5.73 Å². The van der Waals surface area contributed by atoms with Crippen molar-refractivity contribution < 1.29 is 4.39 Å². The van der Waals surface area contributed by atoms with Crippen LogP contribution in [0.5, 0.6) is 0 Å². The number of nitrogens with two attached hydrogens (primary N) is 1. The summed E-state index contributed by atoms with van der Waals surface area (Å²) in [5.41, 5.74) is 6.16. The first-order chi connectivity index (χ1) is 8.45. The third-order valence-electron chi connectivity index (χ3n) is 3.16. The summed E-state index contributed by atoms with van der Waals surface area (Å²) in [6.07, 6.45) is 0.877. The molecule has 6 heteroatoms. The Morgan fingerprint density at radius 1 is 1.39 bits per heavy atom. The summed E-state index contributed by atoms with van der Waals surface area (Å²) >= 11 is 0. The number of nitrogens with zero attached hydrogens (tertiary/aromatic N) is 4. The smallest absolute Gasteiger partial charge is 0.182 e. The number of anilines is 1. The zero-order valence-electron chi connectivity index (χ0n) is 10.7. The molecule has 0 atom stereocenters. The van der Waals surface area contributed by atoms with Crippen molar-refractivity contribution in [1.82, 2.24) is 20.2 Å². The largest absolute Gasteiger partial charge is 0.396 e. The molecule has 0 unspecified atom stereocenters. The highest BCUT2D eigenvalue weighted by molar-refractivity contribution is 5.61. The molecule has 18 heavy (non-hydrogen) atoms. The number of tetrazole rings is 1. The van der Waals surface area contributed by atoms with Crippen molar-refractivity contribution in [3.05, 3.63) is 24.0 Å². The van der Waals surface area contributed by atoms with Crippen LogP contribution in [0.2, 0.25) is 0 Å². The van der Waals surface area contributed by atoms with Crippen LogP contribution in [-0.2, 0) is 5.54 Å². The molecule has 0 radical (unpaired) electrons. The van der Waals surface area contributed by atoms with Crippen LogP contribution in [0, 0.1) is 5.82 Å². The Labute approximate surface area is 105 Å². The van der Waals surface area contributed by atoms with Gasteiger partial charge in [0.15, 0.2) is 5.82 Å². The van der Waals surface area contributed by atoms with Gasteiger partial charge in [0.05, 0.1) is 11.2 Å². The maximum absolute atomic E-state index is 13.2. The molecule has 5 nitrogen and oxygen atoms in total. The average molecular weight is 249 g/mol. The van der Waals surface area contributed by atoms with E-state index in [4.69, 9.17) is 5.73 Å². The Bertz CT molecular complexity index is 561. The molecular weight excluding hydrogens is 233 g/mol. The third kappa shape index (κ3) is 2.05. The predicted octanol–water partition coefficient (Wildman–Crippen LogP) is 2.21. The van der Waals surface area contributed by atoms with Gasteiger partial charge in [-0.25, -0.2) is 9.07 Å². The third-order valence-corrected chi connectivity index (χ3v) is 3.16. The highest BCUT2D eigenvalue weighted by atomic mass is 19.1. The Morgan fingerprint density at radius 2 is 2.11 bits per heavy atom. The lowest BCUT2D eigenvalue weighted by molar-refractivity contribution is 0.305. The number of hydrogen-bond donors (Lipinski definition) is 1. The van der Waals surface area contributed by atoms with Gasteiger partial charge in [-0.05, 0) is 48.9 Å². The van der Waals surface area contributed by atoms with Gasteiger partial charge in [-0.1, -0.05) is 6.92 Å². The van der Waals surface area contributed by atoms with Gasteiger partial charge >= 0.3 is 0 Å². The number of rotatable bonds is 3. The van der Waals surface area contributed by atoms with Crippen molar-refractivity contribution in [2.45, 2.75) is 32.7 Å². The van der Waals surface area contributed by atoms with Crippen LogP contribution in [-0.4, -0.2) is 20.2 Å². The molecule has 96 valence electrons. The second-order valence-corrected chi connectivity index (χ2v) is 4.82. The van der Waals surface area contributed by atoms with Gasteiger partial charge in [-0.3, -0.25) is 0 Å². The van der Waals surface area contributed by atoms with Crippen LogP contribution in [0.3, 0.4) is 0 Å². The molecule has 2 aromatic rings. The second-order valence-electron chi connectivity index (χ2n) is 4.82. The molecule has 0 spiro atoms. The molecule has 2 N–H and O–H groups in total. The van der Waals surface area contributed by atoms with Gasteiger partial charge in [0.25, 0.3) is 0 Å². The molecule has 0 aliphatic rings. The fourth-order valence-corrected chi connectivity index (χ4v) is 1.61. The summed E-state index contributed by atoms with van der Waals surface area (Å²) in [6.45, 7) is 6.14. The monoisotopic (exact) mass is 249 g/mol. The minimum Gasteiger partial charge on any atom is -0.396 e. The van der Waals surface area contributed by atoms with Crippen molar-refractivity contribution >= 4 is 5.69 Å². The molecule has 0 fully saturated rings. The molecule has 0 aliphatic carbocycles. The highest BCUT2D eigenvalue weighted by Crippen LogP contribution is 2.26. The summed E-state index contributed by atoms with van der Waals surface area (Å²) in [4.78, 5) is 0. The van der Waals surface area contributed by atoms with E-state index >= 15 is 0 Å². The van der Waals surface area contributed by atoms with Crippen LogP contribution >= 0.6 is 0 Å². The van der Waals surface area contributed by atoms with Crippen molar-refractivity contribution in [2.24, 2.45) is 0 Å². The van der Waals surface area contributed by atoms with E-state index in [0.717, 1.165) is 6.42 Å². The van der Waals surface area contributed by atoms with E-state index in [1.807, 2.05) is 13.8 Å². The minimum absolute atomic E-state index is 0.0938. The molecule has 0 bridgehead atoms. The van der Waals surface area contributed by atoms with Gasteiger partial charge < -0.3 is 5.73 Å². The van der Waals surface area contributed by atoms with Crippen molar-refractivity contribution in [1.29, 1.82) is 0 Å². The molecule has 0 aliphatic heterocycles. The number of hydrogen-bond acceptors (Lipinski definition) is 4. The Kier molecular flexibility index (Phi) is 3.02. The van der Waals surface area contributed by atoms with Crippen LogP contribution in [0.1, 0.15) is 27.2 Å². The van der Waals surface area contributed by atoms with E-state index in [1.54, 1.807) is 16.8 Å². The lowest BCUT2D eigenvalue weighted by Crippen LogP contribution is -2.27. The first-order valence-corrected chi connectivity index (χ1v) is 5.80. The standard InChI is InChI=1S/C12H16FN5/c1-4-12(2,3)18-11(15-16-17-18)8-5-6-9(13)10(14)7-8/h5-7H,4,14H2,1-3H3.